The molecule has 7 heteroatoms. The first-order valence-corrected chi connectivity index (χ1v) is 2.65. The van der Waals surface area contributed by atoms with Crippen LogP contribution >= 0.6 is 19.7 Å². The zero-order valence-corrected chi connectivity index (χ0v) is 9.26. The van der Waals surface area contributed by atoms with E-state index in [1.807, 2.05) is 0 Å². The van der Waals surface area contributed by atoms with Gasteiger partial charge in [-0.25, -0.2) is 4.08 Å². The number of hydrogen-bond donors (Lipinski definition) is 0. The molecule has 0 unspecified atom stereocenters. The van der Waals surface area contributed by atoms with Crippen molar-refractivity contribution in [3.8, 4) is 0 Å². The predicted octanol–water partition coefficient (Wildman–Crippen LogP) is -1.40. The fourth-order valence-electron chi connectivity index (χ4n) is 0. The Balaban J connectivity index is 0. The third kappa shape index (κ3) is 11.5. The maximum absolute atomic E-state index is 9.12. The van der Waals surface area contributed by atoms with Crippen LogP contribution in [0.2, 0.25) is 0 Å². The Morgan fingerprint density at radius 3 is 1.71 bits per heavy atom. The Hall–Kier alpha value is 1.97. The van der Waals surface area contributed by atoms with Crippen LogP contribution in [0.25, 0.3) is 0 Å². The SMILES string of the molecule is O=P([O-])([O-])OCl.[Ba+2]. The monoisotopic (exact) mass is 268 g/mol. The maximum atomic E-state index is 9.12. The summed E-state index contributed by atoms with van der Waals surface area (Å²) in [6, 6.07) is 0. The topological polar surface area (TPSA) is 72.4 Å². The van der Waals surface area contributed by atoms with E-state index in [1.54, 1.807) is 0 Å². The first-order valence-electron chi connectivity index (χ1n) is 0.885. The second-order valence-electron chi connectivity index (χ2n) is 0.516. The molecule has 7 heavy (non-hydrogen) atoms. The molecule has 0 aromatic heterocycles. The van der Waals surface area contributed by atoms with Crippen molar-refractivity contribution in [1.29, 1.82) is 0 Å². The van der Waals surface area contributed by atoms with E-state index in [1.165, 1.54) is 0 Å². The van der Waals surface area contributed by atoms with Crippen LogP contribution in [0.1, 0.15) is 0 Å². The quantitative estimate of drug-likeness (QED) is 0.433. The summed E-state index contributed by atoms with van der Waals surface area (Å²) in [7, 11) is -4.88. The van der Waals surface area contributed by atoms with Crippen LogP contribution in [0.5, 0.6) is 0 Å². The Morgan fingerprint density at radius 2 is 1.71 bits per heavy atom. The number of phosphoric acid groups is 1. The minimum Gasteiger partial charge on any atom is -0.789 e. The maximum Gasteiger partial charge on any atom is 2.00 e. The second kappa shape index (κ2) is 4.81. The molecular formula is BaClO4P. The number of hydrogen-bond acceptors (Lipinski definition) is 4. The van der Waals surface area contributed by atoms with E-state index in [2.05, 4.69) is 15.9 Å². The van der Waals surface area contributed by atoms with Crippen molar-refractivity contribution in [2.45, 2.75) is 0 Å². The molecular weight excluding hydrogens is 268 g/mol. The van der Waals surface area contributed by atoms with Gasteiger partial charge in [0.05, 0.1) is 19.7 Å². The molecule has 0 heterocycles. The smallest absolute Gasteiger partial charge is 0.789 e. The van der Waals surface area contributed by atoms with E-state index in [0.29, 0.717) is 0 Å². The summed E-state index contributed by atoms with van der Waals surface area (Å²) in [4.78, 5) is 18.2. The molecule has 0 saturated heterocycles. The molecule has 0 bridgehead atoms. The van der Waals surface area contributed by atoms with Crippen LogP contribution in [0.15, 0.2) is 0 Å². The van der Waals surface area contributed by atoms with Gasteiger partial charge in [0.25, 0.3) is 0 Å². The van der Waals surface area contributed by atoms with Gasteiger partial charge in [0.2, 0.25) is 0 Å². The first kappa shape index (κ1) is 11.7. The van der Waals surface area contributed by atoms with E-state index in [4.69, 9.17) is 14.4 Å². The molecule has 0 spiro atoms. The molecule has 0 saturated carbocycles. The molecule has 0 N–H and O–H groups in total. The summed E-state index contributed by atoms with van der Waals surface area (Å²) in [5, 5.41) is 0. The normalized spacial score (nSPS) is 10.1. The minimum atomic E-state index is -4.88. The summed E-state index contributed by atoms with van der Waals surface area (Å²) < 4.78 is 12.0. The Labute approximate surface area is 85.7 Å². The summed E-state index contributed by atoms with van der Waals surface area (Å²) in [6.07, 6.45) is 0. The van der Waals surface area contributed by atoms with Crippen LogP contribution in [0.3, 0.4) is 0 Å². The Bertz CT molecular complexity index is 75.8. The van der Waals surface area contributed by atoms with Crippen molar-refractivity contribution in [3.63, 3.8) is 0 Å². The van der Waals surface area contributed by atoms with Gasteiger partial charge in [0.1, 0.15) is 0 Å². The standard InChI is InChI=1S/Ba.ClH2O4P/c;1-5-6(2,3)4/h;(H2,2,3,4)/q+2;/p-2. The molecule has 0 fully saturated rings. The first-order chi connectivity index (χ1) is 2.56. The van der Waals surface area contributed by atoms with Crippen LogP contribution in [0, 0.1) is 0 Å². The fourth-order valence-corrected chi connectivity index (χ4v) is 0. The van der Waals surface area contributed by atoms with Crippen molar-refractivity contribution in [2.75, 3.05) is 0 Å². The average molecular weight is 268 g/mol. The second-order valence-corrected chi connectivity index (χ2v) is 1.96. The van der Waals surface area contributed by atoms with Crippen molar-refractivity contribution < 1.29 is 18.4 Å². The molecule has 0 aliphatic rings. The molecule has 0 aromatic carbocycles. The summed E-state index contributed by atoms with van der Waals surface area (Å²) in [6.45, 7) is 0. The van der Waals surface area contributed by atoms with Gasteiger partial charge in [0.15, 0.2) is 0 Å². The zero-order chi connectivity index (χ0) is 5.21. The number of rotatable bonds is 1. The van der Waals surface area contributed by atoms with Crippen LogP contribution in [0.4, 0.5) is 0 Å². The molecule has 38 valence electrons. The summed E-state index contributed by atoms with van der Waals surface area (Å²) >= 11 is 4.09. The average Bonchev–Trinajstić information content (AvgIpc) is 1.35. The van der Waals surface area contributed by atoms with Gasteiger partial charge < -0.3 is 14.4 Å². The van der Waals surface area contributed by atoms with Gasteiger partial charge >= 0.3 is 48.9 Å². The van der Waals surface area contributed by atoms with E-state index in [-0.39, 0.29) is 48.9 Å². The van der Waals surface area contributed by atoms with Gasteiger partial charge in [-0.05, 0) is 0 Å². The molecule has 0 atom stereocenters. The third-order valence-corrected chi connectivity index (χ3v) is 0.761. The Kier molecular flexibility index (Phi) is 8.07. The van der Waals surface area contributed by atoms with Crippen molar-refractivity contribution >= 4 is 68.6 Å². The molecule has 0 aliphatic heterocycles. The molecule has 0 radical (unpaired) electrons. The van der Waals surface area contributed by atoms with Gasteiger partial charge in [-0.15, -0.1) is 0 Å². The van der Waals surface area contributed by atoms with E-state index in [0.717, 1.165) is 0 Å². The van der Waals surface area contributed by atoms with Gasteiger partial charge in [0, 0.05) is 0 Å². The molecule has 0 aromatic rings. The van der Waals surface area contributed by atoms with Crippen molar-refractivity contribution in [3.05, 3.63) is 0 Å². The predicted molar refractivity (Wildman–Crippen MR) is 20.3 cm³/mol. The van der Waals surface area contributed by atoms with Crippen molar-refractivity contribution in [2.24, 2.45) is 0 Å². The summed E-state index contributed by atoms with van der Waals surface area (Å²) in [5.41, 5.74) is 0. The largest absolute Gasteiger partial charge is 2.00 e. The molecule has 0 aliphatic carbocycles. The Morgan fingerprint density at radius 1 is 1.57 bits per heavy atom. The van der Waals surface area contributed by atoms with E-state index < -0.39 is 7.82 Å². The van der Waals surface area contributed by atoms with Gasteiger partial charge in [-0.3, -0.25) is 0 Å². The molecule has 0 amide bonds. The zero-order valence-electron chi connectivity index (χ0n) is 3.17. The van der Waals surface area contributed by atoms with Crippen LogP contribution in [-0.4, -0.2) is 48.9 Å². The number of halogens is 1. The van der Waals surface area contributed by atoms with E-state index >= 15 is 0 Å². The third-order valence-electron chi connectivity index (χ3n) is 0.0845. The van der Waals surface area contributed by atoms with Crippen LogP contribution in [-0.2, 0) is 8.64 Å². The molecule has 0 rings (SSSR count). The van der Waals surface area contributed by atoms with Gasteiger partial charge in [-0.2, -0.15) is 0 Å². The fraction of sp³-hybridized carbons (Fsp3) is 0. The minimum absolute atomic E-state index is 0. The molecule has 4 nitrogen and oxygen atoms in total. The van der Waals surface area contributed by atoms with Gasteiger partial charge in [-0.1, -0.05) is 0 Å². The van der Waals surface area contributed by atoms with E-state index in [9.17, 15) is 0 Å². The van der Waals surface area contributed by atoms with Crippen LogP contribution < -0.4 is 9.79 Å². The summed E-state index contributed by atoms with van der Waals surface area (Å²) in [5.74, 6) is 0. The van der Waals surface area contributed by atoms with Crippen molar-refractivity contribution in [1.82, 2.24) is 0 Å².